The summed E-state index contributed by atoms with van der Waals surface area (Å²) in [5, 5.41) is 11.3. The van der Waals surface area contributed by atoms with Crippen molar-refractivity contribution in [2.24, 2.45) is 0 Å². The van der Waals surface area contributed by atoms with E-state index in [1.165, 1.54) is 0 Å². The SMILES string of the molecule is CC(C)(C)OC(=O)c1cc(C(C)(C)C)c(O)c(C(C)(C)C)c1-c1ccccc1. The van der Waals surface area contributed by atoms with E-state index in [0.717, 1.165) is 22.3 Å². The molecule has 0 saturated heterocycles. The van der Waals surface area contributed by atoms with E-state index in [0.29, 0.717) is 5.56 Å². The van der Waals surface area contributed by atoms with Gasteiger partial charge >= 0.3 is 5.97 Å². The maximum absolute atomic E-state index is 13.2. The van der Waals surface area contributed by atoms with E-state index in [1.54, 1.807) is 6.07 Å². The highest BCUT2D eigenvalue weighted by atomic mass is 16.6. The molecule has 0 saturated carbocycles. The Labute approximate surface area is 169 Å². The van der Waals surface area contributed by atoms with Crippen molar-refractivity contribution in [1.29, 1.82) is 0 Å². The second-order valence-corrected chi connectivity index (χ2v) is 10.4. The van der Waals surface area contributed by atoms with Gasteiger partial charge in [0.15, 0.2) is 0 Å². The van der Waals surface area contributed by atoms with Crippen LogP contribution in [-0.2, 0) is 15.6 Å². The summed E-state index contributed by atoms with van der Waals surface area (Å²) in [6.45, 7) is 17.9. The van der Waals surface area contributed by atoms with E-state index in [2.05, 4.69) is 20.8 Å². The van der Waals surface area contributed by atoms with Crippen LogP contribution >= 0.6 is 0 Å². The molecular weight excluding hydrogens is 348 g/mol. The molecule has 0 amide bonds. The third kappa shape index (κ3) is 4.76. The van der Waals surface area contributed by atoms with Gasteiger partial charge < -0.3 is 9.84 Å². The predicted molar refractivity (Wildman–Crippen MR) is 116 cm³/mol. The highest BCUT2D eigenvalue weighted by molar-refractivity contribution is 6.00. The molecule has 0 spiro atoms. The van der Waals surface area contributed by atoms with Crippen LogP contribution in [0, 0.1) is 0 Å². The van der Waals surface area contributed by atoms with Crippen LogP contribution in [0.2, 0.25) is 0 Å². The van der Waals surface area contributed by atoms with Crippen LogP contribution in [0.4, 0.5) is 0 Å². The maximum Gasteiger partial charge on any atom is 0.339 e. The average molecular weight is 383 g/mol. The molecule has 1 N–H and O–H groups in total. The summed E-state index contributed by atoms with van der Waals surface area (Å²) in [6, 6.07) is 11.6. The molecule has 0 aliphatic carbocycles. The van der Waals surface area contributed by atoms with Crippen molar-refractivity contribution in [3.8, 4) is 16.9 Å². The lowest BCUT2D eigenvalue weighted by atomic mass is 9.74. The molecule has 0 radical (unpaired) electrons. The van der Waals surface area contributed by atoms with Crippen LogP contribution in [-0.4, -0.2) is 16.7 Å². The Kier molecular flexibility index (Phi) is 5.71. The minimum absolute atomic E-state index is 0.256. The summed E-state index contributed by atoms with van der Waals surface area (Å²) in [5.41, 5.74) is 2.35. The van der Waals surface area contributed by atoms with Crippen LogP contribution in [0.3, 0.4) is 0 Å². The molecule has 152 valence electrons. The zero-order valence-corrected chi connectivity index (χ0v) is 18.7. The second-order valence-electron chi connectivity index (χ2n) is 10.4. The number of ether oxygens (including phenoxy) is 1. The van der Waals surface area contributed by atoms with Gasteiger partial charge in [-0.1, -0.05) is 71.9 Å². The first-order chi connectivity index (χ1) is 12.6. The van der Waals surface area contributed by atoms with Gasteiger partial charge in [-0.15, -0.1) is 0 Å². The normalized spacial score (nSPS) is 12.8. The summed E-state index contributed by atoms with van der Waals surface area (Å²) in [6.07, 6.45) is 0. The quantitative estimate of drug-likeness (QED) is 0.594. The van der Waals surface area contributed by atoms with E-state index in [-0.39, 0.29) is 22.5 Å². The lowest BCUT2D eigenvalue weighted by Gasteiger charge is -2.31. The van der Waals surface area contributed by atoms with E-state index in [4.69, 9.17) is 4.74 Å². The minimum Gasteiger partial charge on any atom is -0.507 e. The van der Waals surface area contributed by atoms with Crippen LogP contribution in [0.25, 0.3) is 11.1 Å². The highest BCUT2D eigenvalue weighted by Crippen LogP contribution is 2.46. The van der Waals surface area contributed by atoms with Crippen LogP contribution in [0.1, 0.15) is 83.8 Å². The number of esters is 1. The first-order valence-corrected chi connectivity index (χ1v) is 9.82. The molecule has 0 unspecified atom stereocenters. The topological polar surface area (TPSA) is 46.5 Å². The lowest BCUT2D eigenvalue weighted by Crippen LogP contribution is -2.26. The van der Waals surface area contributed by atoms with Gasteiger partial charge in [0.2, 0.25) is 0 Å². The van der Waals surface area contributed by atoms with Crippen LogP contribution in [0.5, 0.6) is 5.75 Å². The van der Waals surface area contributed by atoms with E-state index < -0.39 is 5.60 Å². The fraction of sp³-hybridized carbons (Fsp3) is 0.480. The standard InChI is InChI=1S/C25H34O3/c1-23(2,3)18-15-17(22(27)28-25(7,8)9)19(16-13-11-10-12-14-16)20(21(18)26)24(4,5)6/h10-15,26H,1-9H3. The zero-order valence-electron chi connectivity index (χ0n) is 18.7. The summed E-state index contributed by atoms with van der Waals surface area (Å²) in [5.74, 6) is -0.117. The van der Waals surface area contributed by atoms with E-state index >= 15 is 0 Å². The monoisotopic (exact) mass is 382 g/mol. The van der Waals surface area contributed by atoms with Gasteiger partial charge in [-0.3, -0.25) is 0 Å². The number of rotatable bonds is 2. The molecule has 2 aromatic carbocycles. The Balaban J connectivity index is 2.97. The van der Waals surface area contributed by atoms with Gasteiger partial charge in [-0.25, -0.2) is 4.79 Å². The molecule has 28 heavy (non-hydrogen) atoms. The van der Waals surface area contributed by atoms with Crippen molar-refractivity contribution in [3.63, 3.8) is 0 Å². The Morgan fingerprint density at radius 3 is 1.82 bits per heavy atom. The Bertz CT molecular complexity index is 858. The Hall–Kier alpha value is -2.29. The summed E-state index contributed by atoms with van der Waals surface area (Å²) in [7, 11) is 0. The van der Waals surface area contributed by atoms with Crippen LogP contribution in [0.15, 0.2) is 36.4 Å². The third-order valence-corrected chi connectivity index (χ3v) is 4.54. The van der Waals surface area contributed by atoms with Crippen molar-refractivity contribution in [2.45, 2.75) is 78.7 Å². The number of hydrogen-bond acceptors (Lipinski definition) is 3. The fourth-order valence-corrected chi connectivity index (χ4v) is 3.37. The van der Waals surface area contributed by atoms with Gasteiger partial charge in [0.1, 0.15) is 11.4 Å². The van der Waals surface area contributed by atoms with Crippen molar-refractivity contribution in [3.05, 3.63) is 53.1 Å². The molecule has 2 aromatic rings. The smallest absolute Gasteiger partial charge is 0.339 e. The summed E-state index contributed by atoms with van der Waals surface area (Å²) in [4.78, 5) is 13.2. The van der Waals surface area contributed by atoms with Gasteiger partial charge in [0, 0.05) is 16.7 Å². The van der Waals surface area contributed by atoms with Gasteiger partial charge in [-0.2, -0.15) is 0 Å². The first kappa shape index (κ1) is 22.0. The first-order valence-electron chi connectivity index (χ1n) is 9.82. The summed E-state index contributed by atoms with van der Waals surface area (Å²) < 4.78 is 5.74. The van der Waals surface area contributed by atoms with Crippen molar-refractivity contribution >= 4 is 5.97 Å². The molecular formula is C25H34O3. The van der Waals surface area contributed by atoms with Gasteiger partial charge in [-0.05, 0) is 43.2 Å². The number of carbonyl (C=O) groups is 1. The Morgan fingerprint density at radius 2 is 1.39 bits per heavy atom. The number of phenolic OH excluding ortho intramolecular Hbond substituents is 1. The second kappa shape index (κ2) is 7.27. The zero-order chi connectivity index (χ0) is 21.5. The van der Waals surface area contributed by atoms with Crippen molar-refractivity contribution in [2.75, 3.05) is 0 Å². The largest absolute Gasteiger partial charge is 0.507 e. The van der Waals surface area contributed by atoms with E-state index in [1.807, 2.05) is 71.9 Å². The minimum atomic E-state index is -0.604. The predicted octanol–water partition coefficient (Wildman–Crippen LogP) is 6.61. The molecule has 0 heterocycles. The molecule has 3 heteroatoms. The number of phenols is 1. The maximum atomic E-state index is 13.2. The summed E-state index contributed by atoms with van der Waals surface area (Å²) >= 11 is 0. The number of benzene rings is 2. The molecule has 0 fully saturated rings. The van der Waals surface area contributed by atoms with Gasteiger partial charge in [0.25, 0.3) is 0 Å². The molecule has 0 aliphatic heterocycles. The Morgan fingerprint density at radius 1 is 0.857 bits per heavy atom. The average Bonchev–Trinajstić information content (AvgIpc) is 2.51. The van der Waals surface area contributed by atoms with Crippen molar-refractivity contribution < 1.29 is 14.6 Å². The molecule has 0 aliphatic rings. The lowest BCUT2D eigenvalue weighted by molar-refractivity contribution is 0.00702. The number of hydrogen-bond donors (Lipinski definition) is 1. The molecule has 0 aromatic heterocycles. The fourth-order valence-electron chi connectivity index (χ4n) is 3.37. The molecule has 3 nitrogen and oxygen atoms in total. The molecule has 0 atom stereocenters. The van der Waals surface area contributed by atoms with Gasteiger partial charge in [0.05, 0.1) is 5.56 Å². The number of carbonyl (C=O) groups excluding carboxylic acids is 1. The molecule has 2 rings (SSSR count). The third-order valence-electron chi connectivity index (χ3n) is 4.54. The molecule has 0 bridgehead atoms. The van der Waals surface area contributed by atoms with Crippen molar-refractivity contribution in [1.82, 2.24) is 0 Å². The van der Waals surface area contributed by atoms with Crippen LogP contribution < -0.4 is 0 Å². The number of aromatic hydroxyl groups is 1. The highest BCUT2D eigenvalue weighted by Gasteiger charge is 2.33. The van der Waals surface area contributed by atoms with E-state index in [9.17, 15) is 9.90 Å².